The number of benzene rings is 1. The summed E-state index contributed by atoms with van der Waals surface area (Å²) in [5.74, 6) is -0.331. The molecule has 1 aliphatic rings. The largest absolute Gasteiger partial charge is 0.349 e. The van der Waals surface area contributed by atoms with Gasteiger partial charge in [0.2, 0.25) is 0 Å². The second kappa shape index (κ2) is 7.76. The van der Waals surface area contributed by atoms with Crippen molar-refractivity contribution < 1.29 is 9.59 Å². The minimum absolute atomic E-state index is 0.0556. The smallest absolute Gasteiger partial charge is 0.275 e. The predicted octanol–water partition coefficient (Wildman–Crippen LogP) is 2.83. The summed E-state index contributed by atoms with van der Waals surface area (Å²) in [6.45, 7) is 2.19. The molecule has 0 saturated heterocycles. The number of aryl methyl sites for hydroxylation is 1. The average Bonchev–Trinajstić information content (AvgIpc) is 3.27. The topological polar surface area (TPSA) is 97.1 Å². The highest BCUT2D eigenvalue weighted by molar-refractivity contribution is 7.09. The fraction of sp³-hybridized carbons (Fsp3) is 0.389. The van der Waals surface area contributed by atoms with Crippen molar-refractivity contribution in [3.8, 4) is 0 Å². The summed E-state index contributed by atoms with van der Waals surface area (Å²) in [7, 11) is 0. The van der Waals surface area contributed by atoms with Gasteiger partial charge < -0.3 is 16.4 Å². The summed E-state index contributed by atoms with van der Waals surface area (Å²) >= 11 is 1.36. The van der Waals surface area contributed by atoms with E-state index in [1.165, 1.54) is 24.2 Å². The zero-order valence-electron chi connectivity index (χ0n) is 14.2. The lowest BCUT2D eigenvalue weighted by molar-refractivity contribution is 0.0937. The van der Waals surface area contributed by atoms with Gasteiger partial charge in [-0.25, -0.2) is 4.98 Å². The highest BCUT2D eigenvalue weighted by atomic mass is 32.1. The van der Waals surface area contributed by atoms with Crippen molar-refractivity contribution in [3.05, 3.63) is 45.4 Å². The van der Waals surface area contributed by atoms with E-state index >= 15 is 0 Å². The first-order valence-electron chi connectivity index (χ1n) is 8.44. The lowest BCUT2D eigenvalue weighted by Crippen LogP contribution is -2.32. The number of carbonyl (C=O) groups excluding carboxylic acids is 2. The molecule has 1 saturated carbocycles. The molecule has 0 atom stereocenters. The van der Waals surface area contributed by atoms with E-state index in [-0.39, 0.29) is 17.9 Å². The number of aromatic nitrogens is 1. The van der Waals surface area contributed by atoms with E-state index in [0.29, 0.717) is 23.5 Å². The van der Waals surface area contributed by atoms with Crippen LogP contribution in [-0.2, 0) is 6.54 Å². The number of hydrogen-bond donors (Lipinski definition) is 3. The molecular weight excluding hydrogens is 336 g/mol. The third-order valence-electron chi connectivity index (χ3n) is 4.39. The van der Waals surface area contributed by atoms with Gasteiger partial charge in [0, 0.05) is 29.2 Å². The zero-order valence-corrected chi connectivity index (χ0v) is 15.0. The van der Waals surface area contributed by atoms with Crippen molar-refractivity contribution in [2.24, 2.45) is 5.73 Å². The fourth-order valence-electron chi connectivity index (χ4n) is 2.98. The van der Waals surface area contributed by atoms with Crippen molar-refractivity contribution in [2.75, 3.05) is 5.32 Å². The van der Waals surface area contributed by atoms with E-state index in [2.05, 4.69) is 15.6 Å². The molecule has 0 aliphatic heterocycles. The van der Waals surface area contributed by atoms with E-state index in [4.69, 9.17) is 5.73 Å². The summed E-state index contributed by atoms with van der Waals surface area (Å²) in [4.78, 5) is 28.8. The molecule has 6 nitrogen and oxygen atoms in total. The van der Waals surface area contributed by atoms with Crippen LogP contribution < -0.4 is 16.4 Å². The third-order valence-corrected chi connectivity index (χ3v) is 5.26. The predicted molar refractivity (Wildman–Crippen MR) is 98.9 cm³/mol. The van der Waals surface area contributed by atoms with Gasteiger partial charge in [-0.3, -0.25) is 9.59 Å². The molecule has 0 spiro atoms. The molecule has 132 valence electrons. The summed E-state index contributed by atoms with van der Waals surface area (Å²) in [5.41, 5.74) is 7.99. The van der Waals surface area contributed by atoms with Crippen LogP contribution >= 0.6 is 11.3 Å². The van der Waals surface area contributed by atoms with Gasteiger partial charge in [-0.05, 0) is 43.5 Å². The number of carbonyl (C=O) groups is 2. The second-order valence-corrected chi connectivity index (χ2v) is 7.21. The minimum Gasteiger partial charge on any atom is -0.349 e. The molecule has 2 amide bonds. The number of anilines is 1. The Morgan fingerprint density at radius 1 is 1.28 bits per heavy atom. The van der Waals surface area contributed by atoms with Gasteiger partial charge in [-0.15, -0.1) is 11.3 Å². The highest BCUT2D eigenvalue weighted by Gasteiger charge is 2.18. The Morgan fingerprint density at radius 2 is 2.04 bits per heavy atom. The van der Waals surface area contributed by atoms with Gasteiger partial charge in [0.1, 0.15) is 10.7 Å². The third kappa shape index (κ3) is 4.24. The number of thiazole rings is 1. The van der Waals surface area contributed by atoms with Gasteiger partial charge in [0.05, 0.1) is 0 Å². The monoisotopic (exact) mass is 358 g/mol. The van der Waals surface area contributed by atoms with Crippen LogP contribution in [0.3, 0.4) is 0 Å². The van der Waals surface area contributed by atoms with Crippen LogP contribution in [0.15, 0.2) is 23.6 Å². The molecule has 3 rings (SSSR count). The molecule has 25 heavy (non-hydrogen) atoms. The molecule has 4 N–H and O–H groups in total. The fourth-order valence-corrected chi connectivity index (χ4v) is 3.63. The molecule has 1 heterocycles. The number of amides is 2. The maximum Gasteiger partial charge on any atom is 0.275 e. The summed E-state index contributed by atoms with van der Waals surface area (Å²) in [5, 5.41) is 8.32. The molecule has 0 unspecified atom stereocenters. The Labute approximate surface area is 150 Å². The first-order valence-corrected chi connectivity index (χ1v) is 9.32. The lowest BCUT2D eigenvalue weighted by atomic mass is 10.1. The summed E-state index contributed by atoms with van der Waals surface area (Å²) < 4.78 is 0. The number of nitrogens with two attached hydrogens (primary N) is 1. The maximum atomic E-state index is 12.3. The Balaban J connectivity index is 1.66. The Morgan fingerprint density at radius 3 is 2.68 bits per heavy atom. The van der Waals surface area contributed by atoms with Crippen molar-refractivity contribution in [1.82, 2.24) is 10.3 Å². The van der Waals surface area contributed by atoms with Crippen LogP contribution in [0.4, 0.5) is 5.69 Å². The van der Waals surface area contributed by atoms with Gasteiger partial charge in [-0.2, -0.15) is 0 Å². The van der Waals surface area contributed by atoms with Crippen LogP contribution in [0.25, 0.3) is 0 Å². The number of nitrogens with one attached hydrogen (secondary N) is 2. The van der Waals surface area contributed by atoms with E-state index in [1.54, 1.807) is 23.6 Å². The first kappa shape index (κ1) is 17.6. The molecule has 1 aromatic carbocycles. The quantitative estimate of drug-likeness (QED) is 0.765. The van der Waals surface area contributed by atoms with E-state index in [1.807, 2.05) is 6.92 Å². The van der Waals surface area contributed by atoms with Crippen molar-refractivity contribution in [1.29, 1.82) is 0 Å². The van der Waals surface area contributed by atoms with Gasteiger partial charge in [-0.1, -0.05) is 12.8 Å². The van der Waals surface area contributed by atoms with Crippen LogP contribution in [0.1, 0.15) is 57.1 Å². The molecule has 1 aliphatic carbocycles. The molecule has 7 heteroatoms. The van der Waals surface area contributed by atoms with Crippen molar-refractivity contribution in [2.45, 2.75) is 45.2 Å². The molecule has 0 radical (unpaired) electrons. The number of hydrogen-bond acceptors (Lipinski definition) is 5. The van der Waals surface area contributed by atoms with E-state index < -0.39 is 0 Å². The van der Waals surface area contributed by atoms with Crippen molar-refractivity contribution in [3.63, 3.8) is 0 Å². The second-order valence-electron chi connectivity index (χ2n) is 6.27. The first-order chi connectivity index (χ1) is 12.1. The van der Waals surface area contributed by atoms with E-state index in [9.17, 15) is 9.59 Å². The van der Waals surface area contributed by atoms with Crippen LogP contribution in [0.5, 0.6) is 0 Å². The summed E-state index contributed by atoms with van der Waals surface area (Å²) in [6, 6.07) is 5.58. The van der Waals surface area contributed by atoms with Crippen LogP contribution in [0, 0.1) is 6.92 Å². The Kier molecular flexibility index (Phi) is 5.45. The lowest BCUT2D eigenvalue weighted by Gasteiger charge is -2.13. The van der Waals surface area contributed by atoms with Gasteiger partial charge >= 0.3 is 0 Å². The molecule has 1 fully saturated rings. The molecule has 2 aromatic rings. The molecule has 1 aromatic heterocycles. The van der Waals surface area contributed by atoms with Gasteiger partial charge in [0.25, 0.3) is 11.8 Å². The van der Waals surface area contributed by atoms with E-state index in [0.717, 1.165) is 23.4 Å². The van der Waals surface area contributed by atoms with Crippen LogP contribution in [0.2, 0.25) is 0 Å². The van der Waals surface area contributed by atoms with Crippen molar-refractivity contribution >= 4 is 28.8 Å². The molecule has 0 bridgehead atoms. The Hall–Kier alpha value is -2.25. The SMILES string of the molecule is Cc1cc(C(=O)NC2CCCC2)ccc1NC(=O)c1csc(CN)n1. The number of rotatable bonds is 5. The summed E-state index contributed by atoms with van der Waals surface area (Å²) in [6.07, 6.45) is 4.46. The Bertz CT molecular complexity index is 781. The minimum atomic E-state index is -0.276. The average molecular weight is 358 g/mol. The zero-order chi connectivity index (χ0) is 17.8. The van der Waals surface area contributed by atoms with Gasteiger partial charge in [0.15, 0.2) is 0 Å². The molecular formula is C18H22N4O2S. The standard InChI is InChI=1S/C18H22N4O2S/c1-11-8-12(17(23)20-13-4-2-3-5-13)6-7-14(11)22-18(24)15-10-25-16(9-19)21-15/h6-8,10,13H,2-5,9,19H2,1H3,(H,20,23)(H,22,24). The highest BCUT2D eigenvalue weighted by Crippen LogP contribution is 2.21. The van der Waals surface area contributed by atoms with Crippen LogP contribution in [-0.4, -0.2) is 22.8 Å². The number of nitrogens with zero attached hydrogens (tertiary/aromatic N) is 1. The normalized spacial score (nSPS) is 14.5. The maximum absolute atomic E-state index is 12.3.